The molecule has 2 aliphatic heterocycles. The van der Waals surface area contributed by atoms with Gasteiger partial charge in [-0.1, -0.05) is 0 Å². The number of nitrogens with one attached hydrogen (secondary N) is 2. The molecule has 1 aromatic heterocycles. The Morgan fingerprint density at radius 2 is 1.66 bits per heavy atom. The van der Waals surface area contributed by atoms with E-state index < -0.39 is 5.91 Å². The fourth-order valence-corrected chi connectivity index (χ4v) is 6.40. The van der Waals surface area contributed by atoms with Crippen LogP contribution in [-0.4, -0.2) is 58.0 Å². The summed E-state index contributed by atoms with van der Waals surface area (Å²) in [4.78, 5) is 44.1. The van der Waals surface area contributed by atoms with Crippen molar-refractivity contribution in [3.8, 4) is 0 Å². The minimum Gasteiger partial charge on any atom is -0.393 e. The lowest BCUT2D eigenvalue weighted by Gasteiger charge is -2.40. The molecule has 3 fully saturated rings. The maximum absolute atomic E-state index is 13.4. The Balaban J connectivity index is 1.28. The predicted octanol–water partition coefficient (Wildman–Crippen LogP) is 3.34. The number of aliphatic hydroxyl groups is 1. The normalized spacial score (nSPS) is 26.6. The first-order chi connectivity index (χ1) is 18.2. The van der Waals surface area contributed by atoms with Gasteiger partial charge in [0.05, 0.1) is 11.7 Å². The molecule has 38 heavy (non-hydrogen) atoms. The largest absolute Gasteiger partial charge is 0.393 e. The first kappa shape index (κ1) is 26.2. The van der Waals surface area contributed by atoms with Crippen molar-refractivity contribution in [1.82, 2.24) is 10.3 Å². The molecule has 2 saturated heterocycles. The summed E-state index contributed by atoms with van der Waals surface area (Å²) >= 11 is 0. The van der Waals surface area contributed by atoms with Crippen LogP contribution in [0.1, 0.15) is 94.9 Å². The van der Waals surface area contributed by atoms with Gasteiger partial charge in [-0.3, -0.25) is 14.4 Å². The molecule has 5 N–H and O–H groups in total. The molecule has 9 nitrogen and oxygen atoms in total. The van der Waals surface area contributed by atoms with E-state index >= 15 is 0 Å². The molecule has 9 heteroatoms. The first-order valence-corrected chi connectivity index (χ1v) is 13.6. The summed E-state index contributed by atoms with van der Waals surface area (Å²) < 4.78 is 0. The zero-order chi connectivity index (χ0) is 27.0. The highest BCUT2D eigenvalue weighted by atomic mass is 16.3. The van der Waals surface area contributed by atoms with Crippen LogP contribution in [0.2, 0.25) is 0 Å². The number of anilines is 2. The third kappa shape index (κ3) is 5.38. The predicted molar refractivity (Wildman–Crippen MR) is 146 cm³/mol. The van der Waals surface area contributed by atoms with Crippen LogP contribution in [0.4, 0.5) is 11.5 Å². The number of piperidine rings is 1. The Labute approximate surface area is 223 Å². The average Bonchev–Trinajstić information content (AvgIpc) is 3.16. The molecule has 1 aromatic carbocycles. The standard InChI is InChI=1S/C29H37N5O4/c1-16-11-25(28(30)37)26(32-19-4-8-23(36)9-5-19)14-24(16)29(38)33-20-12-21-6-7-22(13-20)34(21)27-10-3-18(15-31-27)17(2)35/h3,10-11,14-15,19-23,32,36H,4-9,12-13H2,1-2H3,(H2,30,37)(H,33,38)/t19?,20?,21-,22+,23?. The van der Waals surface area contributed by atoms with Gasteiger partial charge in [-0.25, -0.2) is 4.98 Å². The molecule has 3 atom stereocenters. The molecule has 2 aromatic rings. The van der Waals surface area contributed by atoms with E-state index in [1.54, 1.807) is 18.3 Å². The molecule has 5 rings (SSSR count). The highest BCUT2D eigenvalue weighted by Crippen LogP contribution is 2.39. The Kier molecular flexibility index (Phi) is 7.38. The number of primary amides is 1. The van der Waals surface area contributed by atoms with Crippen molar-refractivity contribution in [3.05, 3.63) is 52.7 Å². The number of ketones is 1. The zero-order valence-corrected chi connectivity index (χ0v) is 22.1. The third-order valence-electron chi connectivity index (χ3n) is 8.42. The van der Waals surface area contributed by atoms with E-state index in [-0.39, 0.29) is 42.0 Å². The van der Waals surface area contributed by atoms with E-state index in [1.807, 2.05) is 19.1 Å². The Hall–Kier alpha value is -3.46. The highest BCUT2D eigenvalue weighted by Gasteiger charge is 2.42. The van der Waals surface area contributed by atoms with Crippen molar-refractivity contribution in [2.45, 2.75) is 95.5 Å². The van der Waals surface area contributed by atoms with Crippen molar-refractivity contribution in [1.29, 1.82) is 0 Å². The Morgan fingerprint density at radius 3 is 2.24 bits per heavy atom. The van der Waals surface area contributed by atoms with Crippen LogP contribution in [0.5, 0.6) is 0 Å². The van der Waals surface area contributed by atoms with Gasteiger partial charge in [-0.2, -0.15) is 0 Å². The number of carbonyl (C=O) groups is 3. The number of Topliss-reactive ketones (excluding diaryl/α,β-unsaturated/α-hetero) is 1. The Bertz CT molecular complexity index is 1210. The lowest BCUT2D eigenvalue weighted by atomic mass is 9.92. The molecule has 3 heterocycles. The van der Waals surface area contributed by atoms with Crippen molar-refractivity contribution in [2.75, 3.05) is 10.2 Å². The van der Waals surface area contributed by atoms with Crippen LogP contribution in [0.25, 0.3) is 0 Å². The lowest BCUT2D eigenvalue weighted by Crippen LogP contribution is -2.50. The van der Waals surface area contributed by atoms with Gasteiger partial charge < -0.3 is 26.4 Å². The van der Waals surface area contributed by atoms with Gasteiger partial charge in [0.1, 0.15) is 5.82 Å². The molecule has 3 aliphatic rings. The Morgan fingerprint density at radius 1 is 0.974 bits per heavy atom. The molecular weight excluding hydrogens is 482 g/mol. The molecule has 1 aliphatic carbocycles. The number of amides is 2. The number of hydrogen-bond donors (Lipinski definition) is 4. The van der Waals surface area contributed by atoms with Crippen molar-refractivity contribution < 1.29 is 19.5 Å². The van der Waals surface area contributed by atoms with E-state index in [0.717, 1.165) is 44.3 Å². The lowest BCUT2D eigenvalue weighted by molar-refractivity contribution is 0.0924. The molecule has 0 radical (unpaired) electrons. The smallest absolute Gasteiger partial charge is 0.251 e. The minimum absolute atomic E-state index is 0.00324. The first-order valence-electron chi connectivity index (χ1n) is 13.6. The number of aryl methyl sites for hydroxylation is 1. The number of pyridine rings is 1. The van der Waals surface area contributed by atoms with E-state index in [4.69, 9.17) is 5.73 Å². The quantitative estimate of drug-likeness (QED) is 0.412. The van der Waals surface area contributed by atoms with Crippen molar-refractivity contribution in [2.24, 2.45) is 5.73 Å². The number of carbonyl (C=O) groups excluding carboxylic acids is 3. The second kappa shape index (κ2) is 10.7. The number of rotatable bonds is 7. The van der Waals surface area contributed by atoms with Crippen LogP contribution in [0, 0.1) is 6.92 Å². The second-order valence-corrected chi connectivity index (χ2v) is 11.1. The van der Waals surface area contributed by atoms with Gasteiger partial charge in [0.15, 0.2) is 5.78 Å². The van der Waals surface area contributed by atoms with Gasteiger partial charge in [0.25, 0.3) is 11.8 Å². The molecule has 1 saturated carbocycles. The number of nitrogens with zero attached hydrogens (tertiary/aromatic N) is 2. The fourth-order valence-electron chi connectivity index (χ4n) is 6.40. The molecule has 1 unspecified atom stereocenters. The number of hydrogen-bond acceptors (Lipinski definition) is 7. The number of fused-ring (bicyclic) bond motifs is 2. The third-order valence-corrected chi connectivity index (χ3v) is 8.42. The molecule has 0 spiro atoms. The van der Waals surface area contributed by atoms with Gasteiger partial charge in [0.2, 0.25) is 0 Å². The molecule has 2 bridgehead atoms. The summed E-state index contributed by atoms with van der Waals surface area (Å²) in [5.41, 5.74) is 8.45. The molecular formula is C29H37N5O4. The van der Waals surface area contributed by atoms with Crippen LogP contribution in [-0.2, 0) is 0 Å². The van der Waals surface area contributed by atoms with Crippen LogP contribution in [0.3, 0.4) is 0 Å². The van der Waals surface area contributed by atoms with E-state index in [1.165, 1.54) is 6.92 Å². The van der Waals surface area contributed by atoms with Gasteiger partial charge >= 0.3 is 0 Å². The second-order valence-electron chi connectivity index (χ2n) is 11.1. The number of aromatic nitrogens is 1. The summed E-state index contributed by atoms with van der Waals surface area (Å²) in [6, 6.07) is 7.93. The maximum atomic E-state index is 13.4. The fraction of sp³-hybridized carbons (Fsp3) is 0.517. The van der Waals surface area contributed by atoms with E-state index in [0.29, 0.717) is 40.8 Å². The summed E-state index contributed by atoms with van der Waals surface area (Å²) in [6.07, 6.45) is 8.11. The topological polar surface area (TPSA) is 138 Å². The summed E-state index contributed by atoms with van der Waals surface area (Å²) in [5.74, 6) is 0.203. The van der Waals surface area contributed by atoms with Gasteiger partial charge in [-0.15, -0.1) is 0 Å². The highest BCUT2D eigenvalue weighted by molar-refractivity contribution is 6.03. The van der Waals surface area contributed by atoms with Crippen molar-refractivity contribution in [3.63, 3.8) is 0 Å². The minimum atomic E-state index is -0.535. The maximum Gasteiger partial charge on any atom is 0.251 e. The van der Waals surface area contributed by atoms with Crippen LogP contribution < -0.4 is 21.3 Å². The summed E-state index contributed by atoms with van der Waals surface area (Å²) in [6.45, 7) is 3.36. The summed E-state index contributed by atoms with van der Waals surface area (Å²) in [7, 11) is 0. The van der Waals surface area contributed by atoms with E-state index in [2.05, 4.69) is 20.5 Å². The van der Waals surface area contributed by atoms with E-state index in [9.17, 15) is 19.5 Å². The van der Waals surface area contributed by atoms with Crippen LogP contribution in [0.15, 0.2) is 30.5 Å². The molecule has 202 valence electrons. The SMILES string of the molecule is CC(=O)c1ccc(N2[C@@H]3CC[C@H]2CC(NC(=O)c2cc(NC4CCC(O)CC4)c(C(N)=O)cc2C)C3)nc1. The average molecular weight is 520 g/mol. The van der Waals surface area contributed by atoms with Gasteiger partial charge in [0, 0.05) is 47.2 Å². The number of aliphatic hydroxyl groups excluding tert-OH is 1. The van der Waals surface area contributed by atoms with Crippen LogP contribution >= 0.6 is 0 Å². The number of nitrogens with two attached hydrogens (primary N) is 1. The number of benzene rings is 1. The zero-order valence-electron chi connectivity index (χ0n) is 22.1. The molecule has 2 amide bonds. The van der Waals surface area contributed by atoms with Crippen molar-refractivity contribution >= 4 is 29.1 Å². The van der Waals surface area contributed by atoms with Gasteiger partial charge in [-0.05, 0) is 95.0 Å². The summed E-state index contributed by atoms with van der Waals surface area (Å²) in [5, 5.41) is 16.5. The monoisotopic (exact) mass is 519 g/mol.